The van der Waals surface area contributed by atoms with Crippen LogP contribution in [0.15, 0.2) is 48.7 Å². The van der Waals surface area contributed by atoms with Crippen molar-refractivity contribution in [1.29, 1.82) is 0 Å². The number of aromatic nitrogens is 3. The van der Waals surface area contributed by atoms with Gasteiger partial charge in [-0.1, -0.05) is 12.1 Å². The Balaban J connectivity index is 1.57. The molecule has 0 aliphatic heterocycles. The molecule has 4 rings (SSSR count). The fourth-order valence-corrected chi connectivity index (χ4v) is 4.06. The second-order valence-corrected chi connectivity index (χ2v) is 7.68. The van der Waals surface area contributed by atoms with Crippen molar-refractivity contribution in [3.63, 3.8) is 0 Å². The third-order valence-corrected chi connectivity index (χ3v) is 5.63. The summed E-state index contributed by atoms with van der Waals surface area (Å²) in [5, 5.41) is 5.06. The van der Waals surface area contributed by atoms with Crippen molar-refractivity contribution in [3.05, 3.63) is 81.9 Å². The molecule has 156 valence electrons. The lowest BCUT2D eigenvalue weighted by atomic mass is 10.1. The summed E-state index contributed by atoms with van der Waals surface area (Å²) in [6, 6.07) is 11.5. The number of para-hydroxylation sites is 2. The zero-order chi connectivity index (χ0) is 22.0. The van der Waals surface area contributed by atoms with Gasteiger partial charge in [-0.15, -0.1) is 0 Å². The summed E-state index contributed by atoms with van der Waals surface area (Å²) in [4.78, 5) is 34.3. The van der Waals surface area contributed by atoms with Gasteiger partial charge in [-0.05, 0) is 48.8 Å². The van der Waals surface area contributed by atoms with Crippen molar-refractivity contribution in [2.75, 3.05) is 12.4 Å². The molecule has 0 atom stereocenters. The molecule has 31 heavy (non-hydrogen) atoms. The fourth-order valence-electron chi connectivity index (χ4n) is 3.18. The fraction of sp³-hybridized carbons (Fsp3) is 0.136. The summed E-state index contributed by atoms with van der Waals surface area (Å²) < 4.78 is 18.5. The number of carbonyl (C=O) groups is 2. The standard InChI is InChI=1S/C22H18FN5O2S/c1-12-20(22(30)27-13-7-8-15(16(23)9-13)21(29)24-2)19(31-28-12)10-14-11-25-17-5-3-4-6-18(17)26-14/h3-9,11H,10H2,1-2H3,(H,24,29)(H,27,30). The Hall–Kier alpha value is -3.72. The van der Waals surface area contributed by atoms with Gasteiger partial charge in [-0.25, -0.2) is 9.37 Å². The Morgan fingerprint density at radius 3 is 2.61 bits per heavy atom. The molecule has 0 bridgehead atoms. The number of carbonyl (C=O) groups excluding carboxylic acids is 2. The number of nitrogens with zero attached hydrogens (tertiary/aromatic N) is 3. The van der Waals surface area contributed by atoms with Gasteiger partial charge in [0.1, 0.15) is 5.82 Å². The van der Waals surface area contributed by atoms with E-state index in [0.717, 1.165) is 27.7 Å². The molecule has 0 saturated carbocycles. The molecule has 2 aromatic heterocycles. The van der Waals surface area contributed by atoms with E-state index in [1.807, 2.05) is 24.3 Å². The van der Waals surface area contributed by atoms with Gasteiger partial charge in [0, 0.05) is 30.2 Å². The van der Waals surface area contributed by atoms with Crippen LogP contribution in [0.2, 0.25) is 0 Å². The van der Waals surface area contributed by atoms with Gasteiger partial charge < -0.3 is 10.6 Å². The summed E-state index contributed by atoms with van der Waals surface area (Å²) in [6.07, 6.45) is 2.09. The zero-order valence-corrected chi connectivity index (χ0v) is 17.6. The van der Waals surface area contributed by atoms with Gasteiger partial charge in [0.05, 0.1) is 33.5 Å². The summed E-state index contributed by atoms with van der Waals surface area (Å²) >= 11 is 1.22. The van der Waals surface area contributed by atoms with E-state index in [4.69, 9.17) is 0 Å². The molecule has 0 aliphatic rings. The first-order valence-corrected chi connectivity index (χ1v) is 10.2. The molecule has 2 heterocycles. The molecule has 0 radical (unpaired) electrons. The summed E-state index contributed by atoms with van der Waals surface area (Å²) in [5.41, 5.74) is 3.45. The molecular formula is C22H18FN5O2S. The van der Waals surface area contributed by atoms with Crippen LogP contribution in [0.1, 0.15) is 37.0 Å². The highest BCUT2D eigenvalue weighted by molar-refractivity contribution is 7.06. The highest BCUT2D eigenvalue weighted by Crippen LogP contribution is 2.24. The van der Waals surface area contributed by atoms with Crippen LogP contribution in [-0.4, -0.2) is 33.2 Å². The van der Waals surface area contributed by atoms with Crippen molar-refractivity contribution in [2.24, 2.45) is 0 Å². The number of halogens is 1. The van der Waals surface area contributed by atoms with Gasteiger partial charge in [0.2, 0.25) is 0 Å². The van der Waals surface area contributed by atoms with Gasteiger partial charge in [0.15, 0.2) is 0 Å². The van der Waals surface area contributed by atoms with Crippen LogP contribution in [0.3, 0.4) is 0 Å². The molecule has 2 aromatic carbocycles. The lowest BCUT2D eigenvalue weighted by molar-refractivity contribution is 0.0958. The lowest BCUT2D eigenvalue weighted by Crippen LogP contribution is -2.20. The molecule has 7 nitrogen and oxygen atoms in total. The summed E-state index contributed by atoms with van der Waals surface area (Å²) in [5.74, 6) is -1.65. The monoisotopic (exact) mass is 435 g/mol. The van der Waals surface area contributed by atoms with Gasteiger partial charge in [-0.3, -0.25) is 14.6 Å². The first-order valence-electron chi connectivity index (χ1n) is 9.45. The minimum Gasteiger partial charge on any atom is -0.355 e. The van der Waals surface area contributed by atoms with Gasteiger partial charge >= 0.3 is 0 Å². The number of hydrogen-bond donors (Lipinski definition) is 2. The molecule has 0 fully saturated rings. The van der Waals surface area contributed by atoms with E-state index < -0.39 is 17.6 Å². The Labute approximate surface area is 181 Å². The quantitative estimate of drug-likeness (QED) is 0.498. The number of nitrogens with one attached hydrogen (secondary N) is 2. The van der Waals surface area contributed by atoms with Gasteiger partial charge in [0.25, 0.3) is 11.8 Å². The molecule has 9 heteroatoms. The first kappa shape index (κ1) is 20.5. The zero-order valence-electron chi connectivity index (χ0n) is 16.8. The van der Waals surface area contributed by atoms with Crippen LogP contribution in [0, 0.1) is 12.7 Å². The molecule has 0 aliphatic carbocycles. The minimum atomic E-state index is -0.719. The molecule has 0 unspecified atom stereocenters. The molecule has 4 aromatic rings. The molecule has 2 N–H and O–H groups in total. The van der Waals surface area contributed by atoms with Crippen LogP contribution in [0.25, 0.3) is 11.0 Å². The lowest BCUT2D eigenvalue weighted by Gasteiger charge is -2.09. The summed E-state index contributed by atoms with van der Waals surface area (Å²) in [6.45, 7) is 1.75. The van der Waals surface area contributed by atoms with E-state index in [-0.39, 0.29) is 11.3 Å². The van der Waals surface area contributed by atoms with E-state index in [1.165, 1.54) is 30.7 Å². The van der Waals surface area contributed by atoms with Crippen molar-refractivity contribution >= 4 is 40.1 Å². The number of hydrogen-bond acceptors (Lipinski definition) is 6. The maximum atomic E-state index is 14.2. The Morgan fingerprint density at radius 2 is 1.87 bits per heavy atom. The highest BCUT2D eigenvalue weighted by atomic mass is 32.1. The molecular weight excluding hydrogens is 417 g/mol. The molecule has 2 amide bonds. The van der Waals surface area contributed by atoms with Crippen LogP contribution in [0.5, 0.6) is 0 Å². The smallest absolute Gasteiger partial charge is 0.258 e. The SMILES string of the molecule is CNC(=O)c1ccc(NC(=O)c2c(C)nsc2Cc2cnc3ccccc3n2)cc1F. The number of anilines is 1. The second kappa shape index (κ2) is 8.57. The van der Waals surface area contributed by atoms with Crippen molar-refractivity contribution in [3.8, 4) is 0 Å². The van der Waals surface area contributed by atoms with Crippen LogP contribution >= 0.6 is 11.5 Å². The first-order chi connectivity index (χ1) is 15.0. The maximum Gasteiger partial charge on any atom is 0.258 e. The largest absolute Gasteiger partial charge is 0.355 e. The average molecular weight is 435 g/mol. The number of rotatable bonds is 5. The average Bonchev–Trinajstić information content (AvgIpc) is 3.13. The van der Waals surface area contributed by atoms with Crippen molar-refractivity contribution in [1.82, 2.24) is 19.7 Å². The molecule has 0 spiro atoms. The number of benzene rings is 2. The maximum absolute atomic E-state index is 14.2. The van der Waals surface area contributed by atoms with E-state index in [0.29, 0.717) is 17.7 Å². The highest BCUT2D eigenvalue weighted by Gasteiger charge is 2.20. The summed E-state index contributed by atoms with van der Waals surface area (Å²) in [7, 11) is 1.42. The topological polar surface area (TPSA) is 96.9 Å². The third-order valence-electron chi connectivity index (χ3n) is 4.70. The van der Waals surface area contributed by atoms with Crippen molar-refractivity contribution < 1.29 is 14.0 Å². The van der Waals surface area contributed by atoms with Crippen molar-refractivity contribution in [2.45, 2.75) is 13.3 Å². The van der Waals surface area contributed by atoms with E-state index >= 15 is 0 Å². The molecule has 0 saturated heterocycles. The van der Waals surface area contributed by atoms with Crippen LogP contribution < -0.4 is 10.6 Å². The Kier molecular flexibility index (Phi) is 5.68. The predicted molar refractivity (Wildman–Crippen MR) is 117 cm³/mol. The Bertz CT molecular complexity index is 1300. The second-order valence-electron chi connectivity index (χ2n) is 6.82. The van der Waals surface area contributed by atoms with Crippen LogP contribution in [0.4, 0.5) is 10.1 Å². The minimum absolute atomic E-state index is 0.0931. The van der Waals surface area contributed by atoms with Crippen LogP contribution in [-0.2, 0) is 6.42 Å². The van der Waals surface area contributed by atoms with E-state index in [9.17, 15) is 14.0 Å². The number of aryl methyl sites for hydroxylation is 1. The van der Waals surface area contributed by atoms with E-state index in [2.05, 4.69) is 25.0 Å². The predicted octanol–water partition coefficient (Wildman–Crippen LogP) is 3.74. The Morgan fingerprint density at radius 1 is 1.10 bits per heavy atom. The number of amides is 2. The van der Waals surface area contributed by atoms with Gasteiger partial charge in [-0.2, -0.15) is 4.37 Å². The van der Waals surface area contributed by atoms with E-state index in [1.54, 1.807) is 13.1 Å². The third kappa shape index (κ3) is 4.26. The normalized spacial score (nSPS) is 10.8. The number of fused-ring (bicyclic) bond motifs is 1.